The molecule has 3 rings (SSSR count). The summed E-state index contributed by atoms with van der Waals surface area (Å²) in [6, 6.07) is 16.9. The van der Waals surface area contributed by atoms with Gasteiger partial charge in [-0.05, 0) is 23.6 Å². The van der Waals surface area contributed by atoms with Crippen molar-refractivity contribution in [1.82, 2.24) is 0 Å². The van der Waals surface area contributed by atoms with Gasteiger partial charge in [-0.3, -0.25) is 9.59 Å². The number of aliphatic hydroxyl groups excluding tert-OH is 1. The summed E-state index contributed by atoms with van der Waals surface area (Å²) in [7, 11) is 0. The summed E-state index contributed by atoms with van der Waals surface area (Å²) in [6.07, 6.45) is 0.950. The van der Waals surface area contributed by atoms with Crippen LogP contribution in [-0.4, -0.2) is 27.3 Å². The molecule has 0 heterocycles. The van der Waals surface area contributed by atoms with E-state index in [1.54, 1.807) is 60.7 Å². The third kappa shape index (κ3) is 2.67. The molecular weight excluding hydrogens is 320 g/mol. The molecule has 5 nitrogen and oxygen atoms in total. The van der Waals surface area contributed by atoms with E-state index < -0.39 is 22.8 Å². The van der Waals surface area contributed by atoms with Gasteiger partial charge in [-0.25, -0.2) is 0 Å². The highest BCUT2D eigenvalue weighted by molar-refractivity contribution is 5.89. The number of carboxylic acids is 2. The largest absolute Gasteiger partial charge is 0.513 e. The molecule has 0 saturated carbocycles. The fourth-order valence-corrected chi connectivity index (χ4v) is 3.65. The number of aliphatic hydroxyl groups is 1. The first-order chi connectivity index (χ1) is 11.9. The summed E-state index contributed by atoms with van der Waals surface area (Å²) in [5, 5.41) is 30.3. The maximum absolute atomic E-state index is 12.2. The Hall–Kier alpha value is -3.08. The molecule has 0 aliphatic heterocycles. The van der Waals surface area contributed by atoms with E-state index in [0.29, 0.717) is 11.1 Å². The second kappa shape index (κ2) is 6.09. The second-order valence-electron chi connectivity index (χ2n) is 6.39. The van der Waals surface area contributed by atoms with E-state index in [4.69, 9.17) is 0 Å². The summed E-state index contributed by atoms with van der Waals surface area (Å²) < 4.78 is 0. The van der Waals surface area contributed by atoms with Crippen molar-refractivity contribution in [3.8, 4) is 0 Å². The van der Waals surface area contributed by atoms with Gasteiger partial charge in [0.2, 0.25) is 0 Å². The molecule has 25 heavy (non-hydrogen) atoms. The van der Waals surface area contributed by atoms with Crippen LogP contribution >= 0.6 is 0 Å². The van der Waals surface area contributed by atoms with Crippen molar-refractivity contribution >= 4 is 11.9 Å². The molecule has 0 bridgehead atoms. The maximum atomic E-state index is 12.2. The van der Waals surface area contributed by atoms with E-state index in [1.807, 2.05) is 0 Å². The molecule has 0 radical (unpaired) electrons. The Morgan fingerprint density at radius 3 is 1.80 bits per heavy atom. The molecule has 5 heteroatoms. The summed E-state index contributed by atoms with van der Waals surface area (Å²) in [5.74, 6) is -2.57. The second-order valence-corrected chi connectivity index (χ2v) is 6.39. The molecule has 0 fully saturated rings. The number of hydrogen-bond donors (Lipinski definition) is 3. The molecule has 0 aromatic heterocycles. The van der Waals surface area contributed by atoms with E-state index in [-0.39, 0.29) is 18.6 Å². The minimum atomic E-state index is -1.61. The molecule has 3 N–H and O–H groups in total. The predicted molar refractivity (Wildman–Crippen MR) is 91.5 cm³/mol. The molecule has 2 aromatic carbocycles. The van der Waals surface area contributed by atoms with E-state index >= 15 is 0 Å². The zero-order valence-corrected chi connectivity index (χ0v) is 13.4. The van der Waals surface area contributed by atoms with Gasteiger partial charge in [-0.2, -0.15) is 0 Å². The lowest BCUT2D eigenvalue weighted by molar-refractivity contribution is -0.149. The van der Waals surface area contributed by atoms with Gasteiger partial charge < -0.3 is 15.3 Å². The van der Waals surface area contributed by atoms with E-state index in [2.05, 4.69) is 0 Å². The molecule has 128 valence electrons. The highest BCUT2D eigenvalue weighted by atomic mass is 16.4. The number of carbonyl (C=O) groups is 2. The number of aliphatic carboxylic acids is 2. The van der Waals surface area contributed by atoms with Crippen LogP contribution < -0.4 is 0 Å². The minimum Gasteiger partial charge on any atom is -0.513 e. The van der Waals surface area contributed by atoms with Gasteiger partial charge in [-0.1, -0.05) is 60.7 Å². The van der Waals surface area contributed by atoms with Crippen molar-refractivity contribution in [1.29, 1.82) is 0 Å². The maximum Gasteiger partial charge on any atom is 0.318 e. The van der Waals surface area contributed by atoms with E-state index in [1.165, 1.54) is 6.08 Å². The van der Waals surface area contributed by atoms with Crippen LogP contribution in [0.5, 0.6) is 0 Å². The van der Waals surface area contributed by atoms with Gasteiger partial charge >= 0.3 is 11.9 Å². The Morgan fingerprint density at radius 2 is 1.32 bits per heavy atom. The van der Waals surface area contributed by atoms with Crippen LogP contribution in [0.3, 0.4) is 0 Å². The van der Waals surface area contributed by atoms with Gasteiger partial charge in [0.25, 0.3) is 0 Å². The van der Waals surface area contributed by atoms with Crippen LogP contribution in [0.15, 0.2) is 72.5 Å². The van der Waals surface area contributed by atoms with E-state index in [9.17, 15) is 24.9 Å². The summed E-state index contributed by atoms with van der Waals surface area (Å²) in [5.41, 5.74) is -2.22. The average molecular weight is 338 g/mol. The lowest BCUT2D eigenvalue weighted by Crippen LogP contribution is -2.49. The third-order valence-electron chi connectivity index (χ3n) is 4.88. The standard InChI is InChI=1S/C20H18O5/c21-16-11-19(17(22)23,14-7-3-1-4-8-14)13-20(12-16,18(24)25)15-9-5-2-6-10-15/h1-11,21H,12-13H2,(H,22,23)(H,24,25). The summed E-state index contributed by atoms with van der Waals surface area (Å²) >= 11 is 0. The monoisotopic (exact) mass is 338 g/mol. The van der Waals surface area contributed by atoms with E-state index in [0.717, 1.165) is 0 Å². The molecule has 1 aliphatic rings. The number of hydrogen-bond acceptors (Lipinski definition) is 3. The first-order valence-corrected chi connectivity index (χ1v) is 7.89. The fourth-order valence-electron chi connectivity index (χ4n) is 3.65. The Balaban J connectivity index is 2.25. The van der Waals surface area contributed by atoms with Crippen molar-refractivity contribution in [3.63, 3.8) is 0 Å². The van der Waals surface area contributed by atoms with Gasteiger partial charge in [0.1, 0.15) is 10.8 Å². The van der Waals surface area contributed by atoms with Gasteiger partial charge in [-0.15, -0.1) is 0 Å². The first kappa shape index (κ1) is 16.8. The highest BCUT2D eigenvalue weighted by Crippen LogP contribution is 2.48. The number of rotatable bonds is 4. The SMILES string of the molecule is O=C(O)C1(c2ccccc2)C=C(O)CC(C(=O)O)(c2ccccc2)C1. The first-order valence-electron chi connectivity index (χ1n) is 7.89. The van der Waals surface area contributed by atoms with Crippen LogP contribution in [0.4, 0.5) is 0 Å². The summed E-state index contributed by atoms with van der Waals surface area (Å²) in [4.78, 5) is 24.4. The lowest BCUT2D eigenvalue weighted by atomic mass is 9.60. The average Bonchev–Trinajstić information content (AvgIpc) is 2.62. The minimum absolute atomic E-state index is 0.145. The number of carboxylic acid groups (broad SMARTS) is 2. The molecule has 2 aromatic rings. The molecule has 1 aliphatic carbocycles. The Labute approximate surface area is 144 Å². The molecule has 0 spiro atoms. The Bertz CT molecular complexity index is 828. The molecule has 2 unspecified atom stereocenters. The number of benzene rings is 2. The highest BCUT2D eigenvalue weighted by Gasteiger charge is 2.54. The van der Waals surface area contributed by atoms with Crippen molar-refractivity contribution < 1.29 is 24.9 Å². The smallest absolute Gasteiger partial charge is 0.318 e. The van der Waals surface area contributed by atoms with Crippen LogP contribution in [0.25, 0.3) is 0 Å². The zero-order valence-electron chi connectivity index (χ0n) is 13.4. The number of allylic oxidation sites excluding steroid dienone is 1. The quantitative estimate of drug-likeness (QED) is 0.795. The third-order valence-corrected chi connectivity index (χ3v) is 4.88. The molecule has 0 amide bonds. The molecule has 2 atom stereocenters. The topological polar surface area (TPSA) is 94.8 Å². The fraction of sp³-hybridized carbons (Fsp3) is 0.200. The Kier molecular flexibility index (Phi) is 4.08. The van der Waals surface area contributed by atoms with Gasteiger partial charge in [0, 0.05) is 6.42 Å². The molecular formula is C20H18O5. The van der Waals surface area contributed by atoms with Crippen LogP contribution in [0, 0.1) is 0 Å². The molecule has 0 saturated heterocycles. The van der Waals surface area contributed by atoms with Crippen molar-refractivity contribution in [3.05, 3.63) is 83.6 Å². The zero-order chi connectivity index (χ0) is 18.1. The predicted octanol–water partition coefficient (Wildman–Crippen LogP) is 3.27. The summed E-state index contributed by atoms with van der Waals surface area (Å²) in [6.45, 7) is 0. The van der Waals surface area contributed by atoms with Crippen molar-refractivity contribution in [2.45, 2.75) is 23.7 Å². The van der Waals surface area contributed by atoms with Crippen LogP contribution in [0.1, 0.15) is 24.0 Å². The Morgan fingerprint density at radius 1 is 0.800 bits per heavy atom. The lowest BCUT2D eigenvalue weighted by Gasteiger charge is -2.41. The van der Waals surface area contributed by atoms with Gasteiger partial charge in [0.05, 0.1) is 5.76 Å². The van der Waals surface area contributed by atoms with Crippen LogP contribution in [-0.2, 0) is 20.4 Å². The normalized spacial score (nSPS) is 25.8. The van der Waals surface area contributed by atoms with Crippen LogP contribution in [0.2, 0.25) is 0 Å². The van der Waals surface area contributed by atoms with Crippen molar-refractivity contribution in [2.75, 3.05) is 0 Å². The van der Waals surface area contributed by atoms with Gasteiger partial charge in [0.15, 0.2) is 0 Å². The van der Waals surface area contributed by atoms with Crippen molar-refractivity contribution in [2.24, 2.45) is 0 Å².